The van der Waals surface area contributed by atoms with Crippen molar-refractivity contribution in [2.24, 2.45) is 0 Å². The maximum absolute atomic E-state index is 13.6. The molecule has 0 aromatic heterocycles. The van der Waals surface area contributed by atoms with Crippen LogP contribution in [0.2, 0.25) is 0 Å². The molecule has 2 aliphatic rings. The van der Waals surface area contributed by atoms with Crippen molar-refractivity contribution in [2.45, 2.75) is 57.5 Å². The molecular formula is C30H41N4O3-. The zero-order valence-electron chi connectivity index (χ0n) is 22.2. The lowest BCUT2D eigenvalue weighted by Gasteiger charge is -2.54. The molecule has 0 N–H and O–H groups in total. The Morgan fingerprint density at radius 2 is 1.51 bits per heavy atom. The van der Waals surface area contributed by atoms with Crippen molar-refractivity contribution in [1.29, 1.82) is 0 Å². The predicted molar refractivity (Wildman–Crippen MR) is 144 cm³/mol. The third-order valence-corrected chi connectivity index (χ3v) is 8.05. The number of likely N-dealkylation sites (tertiary alicyclic amines) is 1. The van der Waals surface area contributed by atoms with E-state index in [1.807, 2.05) is 35.2 Å². The van der Waals surface area contributed by atoms with Crippen molar-refractivity contribution >= 4 is 12.1 Å². The molecule has 2 heterocycles. The van der Waals surface area contributed by atoms with Crippen LogP contribution in [0.5, 0.6) is 0 Å². The first-order valence-electron chi connectivity index (χ1n) is 13.8. The molecule has 2 fully saturated rings. The van der Waals surface area contributed by atoms with Crippen LogP contribution >= 0.6 is 0 Å². The summed E-state index contributed by atoms with van der Waals surface area (Å²) in [6.45, 7) is 8.00. The molecule has 200 valence electrons. The Kier molecular flexibility index (Phi) is 9.45. The average molecular weight is 506 g/mol. The van der Waals surface area contributed by atoms with Gasteiger partial charge < -0.3 is 29.5 Å². The number of carboxylic acid groups (broad SMARTS) is 1. The van der Waals surface area contributed by atoms with E-state index in [1.165, 1.54) is 10.5 Å². The molecule has 0 bridgehead atoms. The molecule has 37 heavy (non-hydrogen) atoms. The number of piperidine rings is 1. The lowest BCUT2D eigenvalue weighted by atomic mass is 9.80. The number of urea groups is 1. The van der Waals surface area contributed by atoms with Gasteiger partial charge in [0, 0.05) is 57.9 Å². The van der Waals surface area contributed by atoms with E-state index in [2.05, 4.69) is 47.1 Å². The van der Waals surface area contributed by atoms with Crippen LogP contribution in [0.1, 0.15) is 50.2 Å². The first kappa shape index (κ1) is 27.0. The Morgan fingerprint density at radius 1 is 0.892 bits per heavy atom. The average Bonchev–Trinajstić information content (AvgIpc) is 2.92. The van der Waals surface area contributed by atoms with Gasteiger partial charge >= 0.3 is 6.03 Å². The zero-order valence-corrected chi connectivity index (χ0v) is 22.2. The summed E-state index contributed by atoms with van der Waals surface area (Å²) >= 11 is 0. The second kappa shape index (κ2) is 13.0. The molecule has 0 atom stereocenters. The highest BCUT2D eigenvalue weighted by Crippen LogP contribution is 2.37. The Balaban J connectivity index is 1.28. The van der Waals surface area contributed by atoms with E-state index in [0.717, 1.165) is 70.4 Å². The SMILES string of the molecule is CCCN1C(=O)N(CCCN(Cc2ccccc2)C(=O)[O-])CCC12CCN(CCc1ccccc1)CC2. The summed E-state index contributed by atoms with van der Waals surface area (Å²) < 4.78 is 0. The van der Waals surface area contributed by atoms with Crippen molar-refractivity contribution in [2.75, 3.05) is 45.8 Å². The fourth-order valence-corrected chi connectivity index (χ4v) is 5.85. The summed E-state index contributed by atoms with van der Waals surface area (Å²) in [4.78, 5) is 33.2. The highest BCUT2D eigenvalue weighted by Gasteiger charge is 2.46. The number of nitrogens with zero attached hydrogens (tertiary/aromatic N) is 4. The second-order valence-corrected chi connectivity index (χ2v) is 10.5. The van der Waals surface area contributed by atoms with E-state index in [4.69, 9.17) is 0 Å². The number of carbonyl (C=O) groups excluding carboxylic acids is 2. The van der Waals surface area contributed by atoms with Crippen molar-refractivity contribution in [1.82, 2.24) is 19.6 Å². The molecule has 3 amide bonds. The van der Waals surface area contributed by atoms with Gasteiger partial charge in [-0.15, -0.1) is 0 Å². The molecule has 2 saturated heterocycles. The molecule has 0 saturated carbocycles. The van der Waals surface area contributed by atoms with E-state index < -0.39 is 6.09 Å². The predicted octanol–water partition coefficient (Wildman–Crippen LogP) is 3.84. The molecular weight excluding hydrogens is 464 g/mol. The molecule has 7 heteroatoms. The van der Waals surface area contributed by atoms with Crippen molar-refractivity contribution in [3.05, 3.63) is 71.8 Å². The quantitative estimate of drug-likeness (QED) is 0.465. The highest BCUT2D eigenvalue weighted by atomic mass is 16.4. The van der Waals surface area contributed by atoms with Crippen LogP contribution in [0.15, 0.2) is 60.7 Å². The molecule has 2 aliphatic heterocycles. The largest absolute Gasteiger partial charge is 0.530 e. The first-order valence-corrected chi connectivity index (χ1v) is 13.8. The van der Waals surface area contributed by atoms with Crippen LogP contribution in [0.3, 0.4) is 0 Å². The monoisotopic (exact) mass is 505 g/mol. The topological polar surface area (TPSA) is 70.2 Å². The van der Waals surface area contributed by atoms with Gasteiger partial charge in [0.15, 0.2) is 0 Å². The van der Waals surface area contributed by atoms with E-state index >= 15 is 0 Å². The van der Waals surface area contributed by atoms with Crippen molar-refractivity contribution in [3.63, 3.8) is 0 Å². The second-order valence-electron chi connectivity index (χ2n) is 10.5. The molecule has 4 rings (SSSR count). The Labute approximate surface area is 221 Å². The zero-order chi connectivity index (χ0) is 26.1. The molecule has 1 spiro atoms. The number of hydrogen-bond acceptors (Lipinski definition) is 4. The fourth-order valence-electron chi connectivity index (χ4n) is 5.85. The van der Waals surface area contributed by atoms with E-state index in [1.54, 1.807) is 0 Å². The first-order chi connectivity index (χ1) is 18.0. The van der Waals surface area contributed by atoms with Gasteiger partial charge in [0.05, 0.1) is 0 Å². The molecule has 2 aromatic carbocycles. The summed E-state index contributed by atoms with van der Waals surface area (Å²) in [5.74, 6) is 0. The van der Waals surface area contributed by atoms with Gasteiger partial charge in [-0.1, -0.05) is 67.6 Å². The van der Waals surface area contributed by atoms with Gasteiger partial charge in [0.2, 0.25) is 0 Å². The van der Waals surface area contributed by atoms with Crippen molar-refractivity contribution < 1.29 is 14.7 Å². The van der Waals surface area contributed by atoms with Crippen molar-refractivity contribution in [3.8, 4) is 0 Å². The van der Waals surface area contributed by atoms with Gasteiger partial charge in [-0.05, 0) is 49.7 Å². The molecule has 0 unspecified atom stereocenters. The minimum Gasteiger partial charge on any atom is -0.530 e. The lowest BCUT2D eigenvalue weighted by molar-refractivity contribution is -0.266. The third kappa shape index (κ3) is 7.04. The standard InChI is InChI=1S/C30H42N4O3/c1-2-18-34-28(35)32(19-9-20-33(29(36)37)25-27-12-7-4-8-13-27)24-17-30(34)15-22-31(23-16-30)21-14-26-10-5-3-6-11-26/h3-8,10-13H,2,9,14-25H2,1H3,(H,36,37)/p-1. The van der Waals surface area contributed by atoms with Crippen LogP contribution in [-0.2, 0) is 13.0 Å². The number of carbonyl (C=O) groups is 2. The van der Waals surface area contributed by atoms with E-state index in [-0.39, 0.29) is 11.6 Å². The Morgan fingerprint density at radius 3 is 2.14 bits per heavy atom. The van der Waals surface area contributed by atoms with Gasteiger partial charge in [-0.3, -0.25) is 0 Å². The highest BCUT2D eigenvalue weighted by molar-refractivity contribution is 5.76. The molecule has 0 radical (unpaired) electrons. The maximum Gasteiger partial charge on any atom is 0.320 e. The Bertz CT molecular complexity index is 992. The summed E-state index contributed by atoms with van der Waals surface area (Å²) in [6, 6.07) is 20.3. The minimum atomic E-state index is -1.17. The smallest absolute Gasteiger partial charge is 0.320 e. The summed E-state index contributed by atoms with van der Waals surface area (Å²) in [5, 5.41) is 11.7. The fraction of sp³-hybridized carbons (Fsp3) is 0.533. The van der Waals surface area contributed by atoms with Gasteiger partial charge in [-0.2, -0.15) is 0 Å². The molecule has 7 nitrogen and oxygen atoms in total. The van der Waals surface area contributed by atoms with Crippen LogP contribution in [0, 0.1) is 0 Å². The Hall–Kier alpha value is -3.06. The number of hydrogen-bond donors (Lipinski definition) is 0. The summed E-state index contributed by atoms with van der Waals surface area (Å²) in [6.07, 6.45) is 4.47. The lowest BCUT2D eigenvalue weighted by Crippen LogP contribution is -2.65. The van der Waals surface area contributed by atoms with E-state index in [0.29, 0.717) is 26.1 Å². The number of rotatable bonds is 11. The molecule has 0 aliphatic carbocycles. The van der Waals surface area contributed by atoms with Gasteiger partial charge in [-0.25, -0.2) is 4.79 Å². The van der Waals surface area contributed by atoms with Crippen LogP contribution in [0.25, 0.3) is 0 Å². The summed E-state index contributed by atoms with van der Waals surface area (Å²) in [7, 11) is 0. The maximum atomic E-state index is 13.6. The minimum absolute atomic E-state index is 0.0445. The number of amides is 3. The normalized spacial score (nSPS) is 17.8. The van der Waals surface area contributed by atoms with Crippen LogP contribution in [-0.4, -0.2) is 83.1 Å². The summed E-state index contributed by atoms with van der Waals surface area (Å²) in [5.41, 5.74) is 2.27. The van der Waals surface area contributed by atoms with Crippen LogP contribution < -0.4 is 5.11 Å². The molecule has 2 aromatic rings. The number of benzene rings is 2. The van der Waals surface area contributed by atoms with Crippen LogP contribution in [0.4, 0.5) is 9.59 Å². The van der Waals surface area contributed by atoms with E-state index in [9.17, 15) is 14.7 Å². The van der Waals surface area contributed by atoms with Gasteiger partial charge in [0.25, 0.3) is 0 Å². The van der Waals surface area contributed by atoms with Gasteiger partial charge in [0.1, 0.15) is 6.09 Å². The third-order valence-electron chi connectivity index (χ3n) is 8.05.